The van der Waals surface area contributed by atoms with Crippen LogP contribution in [0.3, 0.4) is 0 Å². The van der Waals surface area contributed by atoms with E-state index in [2.05, 4.69) is 15.4 Å². The average molecular weight is 272 g/mol. The van der Waals surface area contributed by atoms with Gasteiger partial charge in [-0.2, -0.15) is 0 Å². The van der Waals surface area contributed by atoms with Gasteiger partial charge in [0, 0.05) is 6.42 Å². The van der Waals surface area contributed by atoms with E-state index in [1.807, 2.05) is 0 Å². The summed E-state index contributed by atoms with van der Waals surface area (Å²) in [5.74, 6) is -0.154. The number of rotatable bonds is 2. The first-order valence-electron chi connectivity index (χ1n) is 6.07. The minimum atomic E-state index is -1.33. The van der Waals surface area contributed by atoms with Gasteiger partial charge in [0.05, 0.1) is 6.20 Å². The van der Waals surface area contributed by atoms with Gasteiger partial charge >= 0.3 is 12.1 Å². The second kappa shape index (κ2) is 11.1. The number of carboxylic acid groups (broad SMARTS) is 2. The van der Waals surface area contributed by atoms with Crippen LogP contribution in [0.2, 0.25) is 0 Å². The summed E-state index contributed by atoms with van der Waals surface area (Å²) in [5, 5.41) is 19.0. The van der Waals surface area contributed by atoms with Crippen LogP contribution in [0.5, 0.6) is 0 Å². The molecule has 1 heterocycles. The Bertz CT molecular complexity index is 313. The highest BCUT2D eigenvalue weighted by Crippen LogP contribution is 2.25. The number of amides is 1. The van der Waals surface area contributed by atoms with Gasteiger partial charge in [0.1, 0.15) is 6.26 Å². The number of aromatic nitrogens is 1. The highest BCUT2D eigenvalue weighted by atomic mass is 16.5. The van der Waals surface area contributed by atoms with Gasteiger partial charge in [0.25, 0.3) is 0 Å². The molecule has 19 heavy (non-hydrogen) atoms. The van der Waals surface area contributed by atoms with Crippen molar-refractivity contribution in [1.29, 1.82) is 0 Å². The lowest BCUT2D eigenvalue weighted by molar-refractivity contribution is -0.138. The third-order valence-corrected chi connectivity index (χ3v) is 2.54. The van der Waals surface area contributed by atoms with Gasteiger partial charge in [-0.05, 0) is 24.8 Å². The quantitative estimate of drug-likeness (QED) is 0.758. The normalized spacial score (nSPS) is 14.3. The van der Waals surface area contributed by atoms with E-state index >= 15 is 0 Å². The van der Waals surface area contributed by atoms with Gasteiger partial charge in [-0.15, -0.1) is 0 Å². The van der Waals surface area contributed by atoms with Gasteiger partial charge in [-0.1, -0.05) is 24.4 Å². The third-order valence-electron chi connectivity index (χ3n) is 2.54. The monoisotopic (exact) mass is 272 g/mol. The van der Waals surface area contributed by atoms with Crippen LogP contribution in [0.4, 0.5) is 4.79 Å². The molecule has 0 aliphatic heterocycles. The van der Waals surface area contributed by atoms with Crippen LogP contribution in [0, 0.1) is 5.92 Å². The summed E-state index contributed by atoms with van der Waals surface area (Å²) in [7, 11) is 0. The Morgan fingerprint density at radius 2 is 1.84 bits per heavy atom. The van der Waals surface area contributed by atoms with E-state index in [-0.39, 0.29) is 0 Å². The van der Waals surface area contributed by atoms with Crippen LogP contribution in [0.15, 0.2) is 23.0 Å². The number of hydrogen-bond acceptors (Lipinski definition) is 4. The lowest BCUT2D eigenvalue weighted by Gasteiger charge is -2.18. The SMILES string of the molecule is NC(=O)O.O=C(O)CC1CCCCC1.c1cnoc1. The fourth-order valence-electron chi connectivity index (χ4n) is 1.81. The van der Waals surface area contributed by atoms with Gasteiger partial charge in [-0.3, -0.25) is 4.79 Å². The molecule has 1 amide bonds. The number of primary amides is 1. The molecule has 0 atom stereocenters. The van der Waals surface area contributed by atoms with Gasteiger partial charge in [-0.25, -0.2) is 4.79 Å². The average Bonchev–Trinajstić information content (AvgIpc) is 2.87. The van der Waals surface area contributed by atoms with E-state index in [0.29, 0.717) is 12.3 Å². The first-order chi connectivity index (χ1) is 9.02. The largest absolute Gasteiger partial charge is 0.481 e. The van der Waals surface area contributed by atoms with Crippen molar-refractivity contribution in [2.75, 3.05) is 0 Å². The number of hydrogen-bond donors (Lipinski definition) is 3. The molecule has 0 radical (unpaired) electrons. The van der Waals surface area contributed by atoms with Gasteiger partial charge < -0.3 is 20.5 Å². The maximum Gasteiger partial charge on any atom is 0.402 e. The molecule has 1 aliphatic rings. The fourth-order valence-corrected chi connectivity index (χ4v) is 1.81. The molecule has 0 aromatic carbocycles. The lowest BCUT2D eigenvalue weighted by Crippen LogP contribution is -2.10. The molecule has 7 nitrogen and oxygen atoms in total. The van der Waals surface area contributed by atoms with Crippen molar-refractivity contribution in [2.45, 2.75) is 38.5 Å². The molecule has 0 spiro atoms. The molecule has 0 bridgehead atoms. The van der Waals surface area contributed by atoms with Crippen LogP contribution in [-0.2, 0) is 4.79 Å². The minimum absolute atomic E-state index is 0.389. The summed E-state index contributed by atoms with van der Waals surface area (Å²) in [4.78, 5) is 19.0. The molecule has 108 valence electrons. The smallest absolute Gasteiger partial charge is 0.402 e. The molecule has 1 aromatic rings. The summed E-state index contributed by atoms with van der Waals surface area (Å²) in [6, 6.07) is 1.72. The minimum Gasteiger partial charge on any atom is -0.481 e. The number of carboxylic acids is 1. The van der Waals surface area contributed by atoms with Crippen LogP contribution in [0.1, 0.15) is 38.5 Å². The molecular weight excluding hydrogens is 252 g/mol. The molecule has 1 aliphatic carbocycles. The third kappa shape index (κ3) is 13.9. The van der Waals surface area contributed by atoms with Gasteiger partial charge in [0.2, 0.25) is 0 Å². The summed E-state index contributed by atoms with van der Waals surface area (Å²) in [6.45, 7) is 0. The van der Waals surface area contributed by atoms with E-state index in [0.717, 1.165) is 12.8 Å². The van der Waals surface area contributed by atoms with Crippen molar-refractivity contribution in [2.24, 2.45) is 11.7 Å². The summed E-state index contributed by atoms with van der Waals surface area (Å²) < 4.78 is 4.33. The zero-order valence-electron chi connectivity index (χ0n) is 10.7. The van der Waals surface area contributed by atoms with E-state index in [9.17, 15) is 4.79 Å². The predicted octanol–water partition coefficient (Wildman–Crippen LogP) is 2.34. The van der Waals surface area contributed by atoms with Crippen LogP contribution in [0.25, 0.3) is 0 Å². The Hall–Kier alpha value is -2.05. The van der Waals surface area contributed by atoms with Crippen LogP contribution < -0.4 is 5.73 Å². The predicted molar refractivity (Wildman–Crippen MR) is 67.5 cm³/mol. The second-order valence-electron chi connectivity index (χ2n) is 4.13. The van der Waals surface area contributed by atoms with Crippen LogP contribution in [-0.4, -0.2) is 27.4 Å². The van der Waals surface area contributed by atoms with Crippen molar-refractivity contribution >= 4 is 12.1 Å². The maximum atomic E-state index is 10.3. The highest BCUT2D eigenvalue weighted by Gasteiger charge is 2.15. The Morgan fingerprint density at radius 3 is 2.16 bits per heavy atom. The number of aliphatic carboxylic acids is 1. The Morgan fingerprint density at radius 1 is 1.26 bits per heavy atom. The number of nitrogens with zero attached hydrogens (tertiary/aromatic N) is 1. The Labute approximate surface area is 111 Å². The van der Waals surface area contributed by atoms with Crippen molar-refractivity contribution in [3.63, 3.8) is 0 Å². The molecule has 1 fully saturated rings. The molecule has 1 saturated carbocycles. The topological polar surface area (TPSA) is 127 Å². The zero-order chi connectivity index (χ0) is 14.5. The van der Waals surface area contributed by atoms with Crippen molar-refractivity contribution in [3.05, 3.63) is 18.5 Å². The van der Waals surface area contributed by atoms with E-state index in [1.54, 1.807) is 12.3 Å². The van der Waals surface area contributed by atoms with Crippen molar-refractivity contribution < 1.29 is 24.3 Å². The van der Waals surface area contributed by atoms with Gasteiger partial charge in [0.15, 0.2) is 0 Å². The molecule has 0 unspecified atom stereocenters. The van der Waals surface area contributed by atoms with E-state index in [1.165, 1.54) is 25.5 Å². The first kappa shape index (κ1) is 16.9. The van der Waals surface area contributed by atoms with Crippen molar-refractivity contribution in [3.8, 4) is 0 Å². The summed E-state index contributed by atoms with van der Waals surface area (Å²) in [5.41, 5.74) is 4.03. The molecular formula is C12H20N2O5. The first-order valence-corrected chi connectivity index (χ1v) is 6.07. The standard InChI is InChI=1S/C8H14O2.C3H3NO.CH3NO2/c9-8(10)6-7-4-2-1-3-5-7;1-2-4-5-3-1;2-1(3)4/h7H,1-6H2,(H,9,10);1-3H;2H2,(H,3,4). The Kier molecular flexibility index (Phi) is 9.87. The summed E-state index contributed by atoms with van der Waals surface area (Å²) in [6.07, 6.45) is 8.19. The molecule has 7 heteroatoms. The lowest BCUT2D eigenvalue weighted by atomic mass is 9.87. The van der Waals surface area contributed by atoms with E-state index in [4.69, 9.17) is 15.0 Å². The highest BCUT2D eigenvalue weighted by molar-refractivity contribution is 5.67. The molecule has 2 rings (SSSR count). The zero-order valence-corrected chi connectivity index (χ0v) is 10.7. The molecule has 0 saturated heterocycles. The summed E-state index contributed by atoms with van der Waals surface area (Å²) >= 11 is 0. The second-order valence-corrected chi connectivity index (χ2v) is 4.13. The van der Waals surface area contributed by atoms with Crippen LogP contribution >= 0.6 is 0 Å². The molecule has 1 aromatic heterocycles. The Balaban J connectivity index is 0.000000300. The fraction of sp³-hybridized carbons (Fsp3) is 0.583. The van der Waals surface area contributed by atoms with Crippen molar-refractivity contribution in [1.82, 2.24) is 5.16 Å². The number of carbonyl (C=O) groups is 2. The van der Waals surface area contributed by atoms with E-state index < -0.39 is 12.1 Å². The maximum absolute atomic E-state index is 10.3. The molecule has 4 N–H and O–H groups in total. The number of nitrogens with two attached hydrogens (primary N) is 1.